The molecule has 2 N–H and O–H groups in total. The molecule has 0 aliphatic carbocycles. The molecule has 0 spiro atoms. The lowest BCUT2D eigenvalue weighted by atomic mass is 10.1. The Labute approximate surface area is 99.3 Å². The van der Waals surface area contributed by atoms with Gasteiger partial charge in [0, 0.05) is 6.54 Å². The van der Waals surface area contributed by atoms with E-state index in [2.05, 4.69) is 0 Å². The molecule has 1 aromatic rings. The number of rotatable bonds is 6. The maximum Gasteiger partial charge on any atom is 0.317 e. The lowest BCUT2D eigenvalue weighted by Crippen LogP contribution is -2.33. The maximum atomic E-state index is 10.6. The van der Waals surface area contributed by atoms with Gasteiger partial charge in [-0.15, -0.1) is 0 Å². The molecular weight excluding hydrogens is 222 g/mol. The quantitative estimate of drug-likeness (QED) is 0.770. The van der Waals surface area contributed by atoms with Crippen molar-refractivity contribution in [1.82, 2.24) is 4.90 Å². The molecule has 0 aliphatic rings. The standard InChI is InChI=1S/C12H15NO4/c1-9-2-4-10(5-3-9)6-13(7-11(14)15)8-12(16)17/h2-5H,6-8H2,1H3,(H,14,15)(H,16,17). The molecule has 0 heterocycles. The number of carboxylic acid groups (broad SMARTS) is 2. The molecule has 92 valence electrons. The van der Waals surface area contributed by atoms with Crippen molar-refractivity contribution in [3.63, 3.8) is 0 Å². The number of carbonyl (C=O) groups is 2. The number of hydrogen-bond donors (Lipinski definition) is 2. The first-order chi connectivity index (χ1) is 7.97. The third-order valence-corrected chi connectivity index (χ3v) is 2.24. The number of aliphatic carboxylic acids is 2. The van der Waals surface area contributed by atoms with Crippen molar-refractivity contribution in [2.75, 3.05) is 13.1 Å². The van der Waals surface area contributed by atoms with Crippen LogP contribution in [0.4, 0.5) is 0 Å². The van der Waals surface area contributed by atoms with E-state index in [1.54, 1.807) is 0 Å². The zero-order chi connectivity index (χ0) is 12.8. The van der Waals surface area contributed by atoms with Crippen molar-refractivity contribution in [3.8, 4) is 0 Å². The van der Waals surface area contributed by atoms with E-state index >= 15 is 0 Å². The summed E-state index contributed by atoms with van der Waals surface area (Å²) in [7, 11) is 0. The summed E-state index contributed by atoms with van der Waals surface area (Å²) >= 11 is 0. The lowest BCUT2D eigenvalue weighted by molar-refractivity contribution is -0.142. The number of carboxylic acids is 2. The van der Waals surface area contributed by atoms with E-state index in [1.165, 1.54) is 4.90 Å². The summed E-state index contributed by atoms with van der Waals surface area (Å²) in [5, 5.41) is 17.4. The second kappa shape index (κ2) is 6.00. The molecule has 1 aromatic carbocycles. The minimum absolute atomic E-state index is 0.278. The molecule has 0 amide bonds. The van der Waals surface area contributed by atoms with Gasteiger partial charge in [0.15, 0.2) is 0 Å². The number of aryl methyl sites for hydroxylation is 1. The van der Waals surface area contributed by atoms with Crippen LogP contribution in [0.5, 0.6) is 0 Å². The van der Waals surface area contributed by atoms with Gasteiger partial charge in [0.05, 0.1) is 13.1 Å². The Kier molecular flexibility index (Phi) is 4.66. The highest BCUT2D eigenvalue weighted by molar-refractivity contribution is 5.72. The van der Waals surface area contributed by atoms with Gasteiger partial charge >= 0.3 is 11.9 Å². The first-order valence-corrected chi connectivity index (χ1v) is 5.19. The Morgan fingerprint density at radius 3 is 1.94 bits per heavy atom. The normalized spacial score (nSPS) is 10.5. The van der Waals surface area contributed by atoms with Gasteiger partial charge in [-0.05, 0) is 12.5 Å². The predicted octanol–water partition coefficient (Wildman–Crippen LogP) is 0.966. The van der Waals surface area contributed by atoms with Crippen molar-refractivity contribution in [2.24, 2.45) is 0 Å². The Morgan fingerprint density at radius 1 is 1.06 bits per heavy atom. The summed E-state index contributed by atoms with van der Waals surface area (Å²) in [6.45, 7) is 1.72. The highest BCUT2D eigenvalue weighted by atomic mass is 16.4. The van der Waals surface area contributed by atoms with Gasteiger partial charge in [-0.2, -0.15) is 0 Å². The molecule has 0 bridgehead atoms. The monoisotopic (exact) mass is 237 g/mol. The van der Waals surface area contributed by atoms with E-state index in [9.17, 15) is 9.59 Å². The smallest absolute Gasteiger partial charge is 0.317 e. The Hall–Kier alpha value is -1.88. The van der Waals surface area contributed by atoms with E-state index in [0.29, 0.717) is 6.54 Å². The van der Waals surface area contributed by atoms with E-state index in [4.69, 9.17) is 10.2 Å². The molecule has 0 aliphatic heterocycles. The minimum Gasteiger partial charge on any atom is -0.480 e. The molecule has 5 heteroatoms. The summed E-state index contributed by atoms with van der Waals surface area (Å²) < 4.78 is 0. The number of benzene rings is 1. The minimum atomic E-state index is -1.03. The summed E-state index contributed by atoms with van der Waals surface area (Å²) in [4.78, 5) is 22.6. The van der Waals surface area contributed by atoms with Crippen molar-refractivity contribution in [3.05, 3.63) is 35.4 Å². The fourth-order valence-corrected chi connectivity index (χ4v) is 1.50. The van der Waals surface area contributed by atoms with Crippen molar-refractivity contribution >= 4 is 11.9 Å². The molecule has 0 fully saturated rings. The van der Waals surface area contributed by atoms with Crippen molar-refractivity contribution < 1.29 is 19.8 Å². The van der Waals surface area contributed by atoms with E-state index in [1.807, 2.05) is 31.2 Å². The van der Waals surface area contributed by atoms with E-state index < -0.39 is 11.9 Å². The zero-order valence-electron chi connectivity index (χ0n) is 9.59. The molecule has 5 nitrogen and oxygen atoms in total. The number of hydrogen-bond acceptors (Lipinski definition) is 3. The second-order valence-corrected chi connectivity index (χ2v) is 3.92. The average Bonchev–Trinajstić information content (AvgIpc) is 2.19. The van der Waals surface area contributed by atoms with Crippen LogP contribution in [0.2, 0.25) is 0 Å². The van der Waals surface area contributed by atoms with Crippen LogP contribution in [0.3, 0.4) is 0 Å². The Balaban J connectivity index is 2.67. The van der Waals surface area contributed by atoms with Crippen LogP contribution in [0, 0.1) is 6.92 Å². The van der Waals surface area contributed by atoms with Crippen molar-refractivity contribution in [2.45, 2.75) is 13.5 Å². The Bertz CT molecular complexity index is 383. The topological polar surface area (TPSA) is 77.8 Å². The lowest BCUT2D eigenvalue weighted by Gasteiger charge is -2.17. The SMILES string of the molecule is Cc1ccc(CN(CC(=O)O)CC(=O)O)cc1. The summed E-state index contributed by atoms with van der Waals surface area (Å²) in [6.07, 6.45) is 0. The van der Waals surface area contributed by atoms with Crippen LogP contribution in [0.1, 0.15) is 11.1 Å². The molecule has 0 aromatic heterocycles. The van der Waals surface area contributed by atoms with Gasteiger partial charge in [-0.25, -0.2) is 0 Å². The van der Waals surface area contributed by atoms with Crippen LogP contribution in [-0.4, -0.2) is 40.1 Å². The van der Waals surface area contributed by atoms with Crippen LogP contribution < -0.4 is 0 Å². The van der Waals surface area contributed by atoms with Crippen LogP contribution >= 0.6 is 0 Å². The molecule has 17 heavy (non-hydrogen) atoms. The van der Waals surface area contributed by atoms with Gasteiger partial charge < -0.3 is 10.2 Å². The zero-order valence-corrected chi connectivity index (χ0v) is 9.59. The third kappa shape index (κ3) is 5.12. The summed E-state index contributed by atoms with van der Waals surface area (Å²) in [5.74, 6) is -2.06. The highest BCUT2D eigenvalue weighted by Gasteiger charge is 2.13. The Morgan fingerprint density at radius 2 is 1.53 bits per heavy atom. The largest absolute Gasteiger partial charge is 0.480 e. The highest BCUT2D eigenvalue weighted by Crippen LogP contribution is 2.06. The molecule has 0 atom stereocenters. The van der Waals surface area contributed by atoms with Crippen LogP contribution in [-0.2, 0) is 16.1 Å². The van der Waals surface area contributed by atoms with Gasteiger partial charge in [0.1, 0.15) is 0 Å². The maximum absolute atomic E-state index is 10.6. The van der Waals surface area contributed by atoms with Crippen LogP contribution in [0.15, 0.2) is 24.3 Å². The van der Waals surface area contributed by atoms with Gasteiger partial charge in [-0.1, -0.05) is 29.8 Å². The predicted molar refractivity (Wildman–Crippen MR) is 61.7 cm³/mol. The first-order valence-electron chi connectivity index (χ1n) is 5.19. The summed E-state index contributed by atoms with van der Waals surface area (Å²) in [5.41, 5.74) is 2.01. The molecule has 1 rings (SSSR count). The van der Waals surface area contributed by atoms with Crippen LogP contribution in [0.25, 0.3) is 0 Å². The molecule has 0 radical (unpaired) electrons. The average molecular weight is 237 g/mol. The molecule has 0 saturated heterocycles. The van der Waals surface area contributed by atoms with Gasteiger partial charge in [-0.3, -0.25) is 14.5 Å². The number of nitrogens with zero attached hydrogens (tertiary/aromatic N) is 1. The van der Waals surface area contributed by atoms with E-state index in [0.717, 1.165) is 11.1 Å². The summed E-state index contributed by atoms with van der Waals surface area (Å²) in [6, 6.07) is 7.56. The fourth-order valence-electron chi connectivity index (χ4n) is 1.50. The van der Waals surface area contributed by atoms with Gasteiger partial charge in [0.2, 0.25) is 0 Å². The van der Waals surface area contributed by atoms with Gasteiger partial charge in [0.25, 0.3) is 0 Å². The molecular formula is C12H15NO4. The third-order valence-electron chi connectivity index (χ3n) is 2.24. The first kappa shape index (κ1) is 13.2. The second-order valence-electron chi connectivity index (χ2n) is 3.92. The molecule has 0 saturated carbocycles. The molecule has 0 unspecified atom stereocenters. The van der Waals surface area contributed by atoms with E-state index in [-0.39, 0.29) is 13.1 Å². The fraction of sp³-hybridized carbons (Fsp3) is 0.333. The van der Waals surface area contributed by atoms with Crippen molar-refractivity contribution in [1.29, 1.82) is 0 Å².